The van der Waals surface area contributed by atoms with Crippen LogP contribution in [0.4, 0.5) is 0 Å². The summed E-state index contributed by atoms with van der Waals surface area (Å²) >= 11 is 3.55. The zero-order valence-electron chi connectivity index (χ0n) is 12.3. The molecule has 0 amide bonds. The standard InChI is InChI=1S/C15H23BrN2O3/c1-10(3-4-19)18-13(9-17)11-7-12(16)15-14(8-11)20-5-2-6-21-15/h7-8,10,13,18-19H,2-6,9,17H2,1H3. The van der Waals surface area contributed by atoms with Crippen molar-refractivity contribution in [3.63, 3.8) is 0 Å². The molecule has 0 saturated carbocycles. The zero-order chi connectivity index (χ0) is 15.2. The number of hydrogen-bond donors (Lipinski definition) is 3. The van der Waals surface area contributed by atoms with Crippen LogP contribution in [0, 0.1) is 0 Å². The van der Waals surface area contributed by atoms with Crippen molar-refractivity contribution in [3.05, 3.63) is 22.2 Å². The minimum Gasteiger partial charge on any atom is -0.490 e. The molecule has 2 atom stereocenters. The first-order valence-corrected chi connectivity index (χ1v) is 8.11. The molecular formula is C15H23BrN2O3. The van der Waals surface area contributed by atoms with Gasteiger partial charge in [0.1, 0.15) is 0 Å². The Morgan fingerprint density at radius 2 is 2.14 bits per heavy atom. The normalized spacial score (nSPS) is 17.1. The van der Waals surface area contributed by atoms with Gasteiger partial charge in [0, 0.05) is 31.7 Å². The van der Waals surface area contributed by atoms with Crippen molar-refractivity contribution in [2.24, 2.45) is 5.73 Å². The molecule has 0 spiro atoms. The van der Waals surface area contributed by atoms with Gasteiger partial charge in [0.2, 0.25) is 0 Å². The van der Waals surface area contributed by atoms with E-state index in [4.69, 9.17) is 20.3 Å². The van der Waals surface area contributed by atoms with Gasteiger partial charge in [0.25, 0.3) is 0 Å². The summed E-state index contributed by atoms with van der Waals surface area (Å²) in [6.07, 6.45) is 1.57. The summed E-state index contributed by atoms with van der Waals surface area (Å²) in [4.78, 5) is 0. The Balaban J connectivity index is 2.21. The minimum absolute atomic E-state index is 0.0139. The first-order chi connectivity index (χ1) is 10.2. The summed E-state index contributed by atoms with van der Waals surface area (Å²) in [5.41, 5.74) is 6.95. The number of rotatable bonds is 6. The van der Waals surface area contributed by atoms with Crippen molar-refractivity contribution in [2.45, 2.75) is 31.8 Å². The van der Waals surface area contributed by atoms with E-state index >= 15 is 0 Å². The Morgan fingerprint density at radius 1 is 1.38 bits per heavy atom. The monoisotopic (exact) mass is 358 g/mol. The van der Waals surface area contributed by atoms with Crippen molar-refractivity contribution in [1.82, 2.24) is 5.32 Å². The number of aliphatic hydroxyl groups excluding tert-OH is 1. The average Bonchev–Trinajstić information content (AvgIpc) is 2.70. The van der Waals surface area contributed by atoms with E-state index in [0.717, 1.165) is 28.0 Å². The maximum atomic E-state index is 9.01. The van der Waals surface area contributed by atoms with Gasteiger partial charge in [-0.1, -0.05) is 0 Å². The van der Waals surface area contributed by atoms with Crippen LogP contribution in [0.15, 0.2) is 16.6 Å². The quantitative estimate of drug-likeness (QED) is 0.724. The second kappa shape index (κ2) is 7.98. The third-order valence-electron chi connectivity index (χ3n) is 3.51. The lowest BCUT2D eigenvalue weighted by atomic mass is 10.0. The van der Waals surface area contributed by atoms with Gasteiger partial charge in [-0.25, -0.2) is 0 Å². The summed E-state index contributed by atoms with van der Waals surface area (Å²) in [5, 5.41) is 12.4. The van der Waals surface area contributed by atoms with Crippen LogP contribution in [-0.4, -0.2) is 37.5 Å². The van der Waals surface area contributed by atoms with Crippen molar-refractivity contribution in [1.29, 1.82) is 0 Å². The highest BCUT2D eigenvalue weighted by Gasteiger charge is 2.19. The summed E-state index contributed by atoms with van der Waals surface area (Å²) < 4.78 is 12.3. The number of halogens is 1. The molecule has 0 radical (unpaired) electrons. The largest absolute Gasteiger partial charge is 0.490 e. The van der Waals surface area contributed by atoms with E-state index in [1.165, 1.54) is 0 Å². The summed E-state index contributed by atoms with van der Waals surface area (Å²) in [5.74, 6) is 1.52. The number of benzene rings is 1. The Bertz CT molecular complexity index is 470. The molecule has 1 aromatic rings. The van der Waals surface area contributed by atoms with Crippen molar-refractivity contribution in [3.8, 4) is 11.5 Å². The molecule has 21 heavy (non-hydrogen) atoms. The maximum Gasteiger partial charge on any atom is 0.175 e. The number of hydrogen-bond acceptors (Lipinski definition) is 5. The first kappa shape index (κ1) is 16.5. The Labute approximate surface area is 133 Å². The predicted octanol–water partition coefficient (Wildman–Crippen LogP) is 1.97. The van der Waals surface area contributed by atoms with Gasteiger partial charge in [-0.15, -0.1) is 0 Å². The molecule has 0 aliphatic carbocycles. The number of aliphatic hydroxyl groups is 1. The molecule has 4 N–H and O–H groups in total. The fourth-order valence-corrected chi connectivity index (χ4v) is 2.95. The molecule has 1 aliphatic heterocycles. The smallest absolute Gasteiger partial charge is 0.175 e. The van der Waals surface area contributed by atoms with Crippen LogP contribution in [0.3, 0.4) is 0 Å². The van der Waals surface area contributed by atoms with E-state index in [2.05, 4.69) is 21.2 Å². The van der Waals surface area contributed by atoms with E-state index in [-0.39, 0.29) is 18.7 Å². The van der Waals surface area contributed by atoms with E-state index in [1.807, 2.05) is 19.1 Å². The van der Waals surface area contributed by atoms with Crippen LogP contribution in [0.25, 0.3) is 0 Å². The first-order valence-electron chi connectivity index (χ1n) is 7.31. The van der Waals surface area contributed by atoms with E-state index in [9.17, 15) is 0 Å². The Kier molecular flexibility index (Phi) is 6.29. The summed E-state index contributed by atoms with van der Waals surface area (Å²) in [7, 11) is 0. The molecule has 1 aliphatic rings. The van der Waals surface area contributed by atoms with Crippen molar-refractivity contribution in [2.75, 3.05) is 26.4 Å². The highest BCUT2D eigenvalue weighted by molar-refractivity contribution is 9.10. The van der Waals surface area contributed by atoms with Crippen LogP contribution in [0.2, 0.25) is 0 Å². The molecule has 0 fully saturated rings. The van der Waals surface area contributed by atoms with E-state index in [1.54, 1.807) is 0 Å². The van der Waals surface area contributed by atoms with Crippen LogP contribution in [0.1, 0.15) is 31.4 Å². The molecule has 6 heteroatoms. The molecule has 118 valence electrons. The van der Waals surface area contributed by atoms with Gasteiger partial charge >= 0.3 is 0 Å². The molecule has 2 rings (SSSR count). The summed E-state index contributed by atoms with van der Waals surface area (Å²) in [6.45, 7) is 4.00. The SMILES string of the molecule is CC(CCO)NC(CN)c1cc(Br)c2c(c1)OCCCO2. The lowest BCUT2D eigenvalue weighted by Gasteiger charge is -2.23. The van der Waals surface area contributed by atoms with Crippen molar-refractivity contribution >= 4 is 15.9 Å². The number of nitrogens with one attached hydrogen (secondary N) is 1. The van der Waals surface area contributed by atoms with Gasteiger partial charge in [0.05, 0.1) is 17.7 Å². The molecule has 1 aromatic carbocycles. The highest BCUT2D eigenvalue weighted by Crippen LogP contribution is 2.39. The molecule has 1 heterocycles. The second-order valence-corrected chi connectivity index (χ2v) is 6.10. The fraction of sp³-hybridized carbons (Fsp3) is 0.600. The van der Waals surface area contributed by atoms with Crippen LogP contribution in [0.5, 0.6) is 11.5 Å². The van der Waals surface area contributed by atoms with E-state index < -0.39 is 0 Å². The molecule has 0 bridgehead atoms. The van der Waals surface area contributed by atoms with Crippen LogP contribution < -0.4 is 20.5 Å². The van der Waals surface area contributed by atoms with E-state index in [0.29, 0.717) is 26.2 Å². The van der Waals surface area contributed by atoms with Crippen LogP contribution >= 0.6 is 15.9 Å². The van der Waals surface area contributed by atoms with Gasteiger partial charge in [-0.05, 0) is 47.0 Å². The molecule has 0 aromatic heterocycles. The van der Waals surface area contributed by atoms with Gasteiger partial charge < -0.3 is 25.6 Å². The maximum absolute atomic E-state index is 9.01. The number of nitrogens with two attached hydrogens (primary N) is 1. The Hall–Kier alpha value is -0.820. The van der Waals surface area contributed by atoms with Crippen LogP contribution in [-0.2, 0) is 0 Å². The third kappa shape index (κ3) is 4.32. The van der Waals surface area contributed by atoms with Gasteiger partial charge in [-0.3, -0.25) is 0 Å². The molecular weight excluding hydrogens is 336 g/mol. The van der Waals surface area contributed by atoms with Crippen molar-refractivity contribution < 1.29 is 14.6 Å². The lowest BCUT2D eigenvalue weighted by molar-refractivity contribution is 0.263. The van der Waals surface area contributed by atoms with Gasteiger partial charge in [0.15, 0.2) is 11.5 Å². The summed E-state index contributed by atoms with van der Waals surface area (Å²) in [6, 6.07) is 4.21. The fourth-order valence-electron chi connectivity index (χ4n) is 2.37. The number of fused-ring (bicyclic) bond motifs is 1. The van der Waals surface area contributed by atoms with Gasteiger partial charge in [-0.2, -0.15) is 0 Å². The second-order valence-electron chi connectivity index (χ2n) is 5.25. The number of ether oxygens (including phenoxy) is 2. The minimum atomic E-state index is 0.0139. The predicted molar refractivity (Wildman–Crippen MR) is 85.8 cm³/mol. The topological polar surface area (TPSA) is 76.7 Å². The molecule has 0 saturated heterocycles. The average molecular weight is 359 g/mol. The highest BCUT2D eigenvalue weighted by atomic mass is 79.9. The molecule has 2 unspecified atom stereocenters. The lowest BCUT2D eigenvalue weighted by Crippen LogP contribution is -2.35. The third-order valence-corrected chi connectivity index (χ3v) is 4.10. The zero-order valence-corrected chi connectivity index (χ0v) is 13.9. The Morgan fingerprint density at radius 3 is 2.86 bits per heavy atom. The molecule has 5 nitrogen and oxygen atoms in total.